The van der Waals surface area contributed by atoms with E-state index in [1.807, 2.05) is 24.4 Å². The molecule has 0 aliphatic heterocycles. The summed E-state index contributed by atoms with van der Waals surface area (Å²) in [6.45, 7) is 6.74. The molecule has 2 nitrogen and oxygen atoms in total. The van der Waals surface area contributed by atoms with E-state index >= 15 is 0 Å². The second-order valence-electron chi connectivity index (χ2n) is 7.57. The predicted molar refractivity (Wildman–Crippen MR) is 100 cm³/mol. The van der Waals surface area contributed by atoms with Gasteiger partial charge in [-0.3, -0.25) is 4.98 Å². The van der Waals surface area contributed by atoms with E-state index in [0.717, 1.165) is 39.6 Å². The molecule has 4 rings (SSSR count). The van der Waals surface area contributed by atoms with Gasteiger partial charge >= 0.3 is 0 Å². The van der Waals surface area contributed by atoms with Crippen molar-refractivity contribution >= 4 is 21.9 Å². The van der Waals surface area contributed by atoms with Crippen molar-refractivity contribution in [3.8, 4) is 11.3 Å². The Morgan fingerprint density at radius 1 is 0.875 bits per heavy atom. The fourth-order valence-electron chi connectivity index (χ4n) is 3.25. The summed E-state index contributed by atoms with van der Waals surface area (Å²) in [6.07, 6.45) is 3.01. The van der Waals surface area contributed by atoms with Crippen LogP contribution in [0, 0.1) is 5.41 Å². The fourth-order valence-corrected chi connectivity index (χ4v) is 3.25. The smallest absolute Gasteiger partial charge is 0.144 e. The Morgan fingerprint density at radius 2 is 1.67 bits per heavy atom. The first kappa shape index (κ1) is 14.9. The van der Waals surface area contributed by atoms with Gasteiger partial charge in [-0.05, 0) is 35.6 Å². The molecule has 0 aliphatic carbocycles. The molecule has 0 bridgehead atoms. The highest BCUT2D eigenvalue weighted by atomic mass is 16.3. The van der Waals surface area contributed by atoms with Crippen LogP contribution in [0.15, 0.2) is 65.2 Å². The Labute approximate surface area is 142 Å². The first-order chi connectivity index (χ1) is 11.5. The van der Waals surface area contributed by atoms with E-state index in [-0.39, 0.29) is 5.41 Å². The molecule has 2 heteroatoms. The molecule has 0 unspecified atom stereocenters. The number of benzene rings is 2. The summed E-state index contributed by atoms with van der Waals surface area (Å²) in [5, 5.41) is 2.29. The highest BCUT2D eigenvalue weighted by molar-refractivity contribution is 6.09. The monoisotopic (exact) mass is 315 g/mol. The maximum absolute atomic E-state index is 6.11. The predicted octanol–water partition coefficient (Wildman–Crippen LogP) is 6.24. The molecule has 2 heterocycles. The molecule has 0 radical (unpaired) electrons. The lowest BCUT2D eigenvalue weighted by Crippen LogP contribution is -2.09. The van der Waals surface area contributed by atoms with Crippen LogP contribution in [0.2, 0.25) is 0 Å². The Balaban J connectivity index is 1.81. The average molecular weight is 315 g/mol. The van der Waals surface area contributed by atoms with E-state index in [9.17, 15) is 0 Å². The van der Waals surface area contributed by atoms with Crippen LogP contribution < -0.4 is 0 Å². The molecule has 0 saturated heterocycles. The van der Waals surface area contributed by atoms with Gasteiger partial charge < -0.3 is 4.42 Å². The van der Waals surface area contributed by atoms with Gasteiger partial charge in [-0.25, -0.2) is 0 Å². The van der Waals surface area contributed by atoms with Crippen molar-refractivity contribution in [3.05, 3.63) is 66.4 Å². The van der Waals surface area contributed by atoms with Gasteiger partial charge in [0.15, 0.2) is 0 Å². The third-order valence-electron chi connectivity index (χ3n) is 4.24. The zero-order valence-electron chi connectivity index (χ0n) is 14.3. The summed E-state index contributed by atoms with van der Waals surface area (Å²) in [7, 11) is 0. The van der Waals surface area contributed by atoms with E-state index in [4.69, 9.17) is 9.40 Å². The third kappa shape index (κ3) is 2.69. The largest absolute Gasteiger partial charge is 0.455 e. The highest BCUT2D eigenvalue weighted by Gasteiger charge is 2.14. The molecule has 4 aromatic rings. The normalized spacial score (nSPS) is 12.1. The molecular formula is C22H21NO. The fraction of sp³-hybridized carbons (Fsp3) is 0.227. The van der Waals surface area contributed by atoms with Gasteiger partial charge in [-0.15, -0.1) is 0 Å². The molecule has 2 aromatic heterocycles. The maximum atomic E-state index is 6.11. The van der Waals surface area contributed by atoms with Gasteiger partial charge in [-0.2, -0.15) is 0 Å². The standard InChI is InChI=1S/C22H21NO/c1-22(2,3)13-15-11-12-19(23-14-15)18-9-6-8-17-16-7-4-5-10-20(16)24-21(17)18/h4-12,14H,13H2,1-3H3. The topological polar surface area (TPSA) is 26.0 Å². The second-order valence-corrected chi connectivity index (χ2v) is 7.57. The average Bonchev–Trinajstić information content (AvgIpc) is 2.93. The lowest BCUT2D eigenvalue weighted by Gasteiger charge is -2.17. The van der Waals surface area contributed by atoms with Crippen molar-refractivity contribution in [1.82, 2.24) is 4.98 Å². The number of aromatic nitrogens is 1. The Bertz CT molecular complexity index is 1000. The van der Waals surface area contributed by atoms with Gasteiger partial charge in [0.05, 0.1) is 5.69 Å². The lowest BCUT2D eigenvalue weighted by molar-refractivity contribution is 0.411. The zero-order valence-corrected chi connectivity index (χ0v) is 14.3. The lowest BCUT2D eigenvalue weighted by atomic mass is 9.89. The van der Waals surface area contributed by atoms with E-state index in [1.54, 1.807) is 0 Å². The summed E-state index contributed by atoms with van der Waals surface area (Å²) < 4.78 is 6.11. The van der Waals surface area contributed by atoms with Crippen LogP contribution in [0.1, 0.15) is 26.3 Å². The quantitative estimate of drug-likeness (QED) is 0.438. The number of hydrogen-bond acceptors (Lipinski definition) is 2. The van der Waals surface area contributed by atoms with Crippen molar-refractivity contribution < 1.29 is 4.42 Å². The number of furan rings is 1. The van der Waals surface area contributed by atoms with Gasteiger partial charge in [0, 0.05) is 22.5 Å². The number of rotatable bonds is 2. The molecule has 0 spiro atoms. The Kier molecular flexibility index (Phi) is 3.42. The van der Waals surface area contributed by atoms with Gasteiger partial charge in [0.25, 0.3) is 0 Å². The SMILES string of the molecule is CC(C)(C)Cc1ccc(-c2cccc3c2oc2ccccc23)nc1. The van der Waals surface area contributed by atoms with Crippen LogP contribution in [-0.2, 0) is 6.42 Å². The van der Waals surface area contributed by atoms with Crippen LogP contribution >= 0.6 is 0 Å². The zero-order chi connectivity index (χ0) is 16.7. The Hall–Kier alpha value is -2.61. The minimum Gasteiger partial charge on any atom is -0.455 e. The highest BCUT2D eigenvalue weighted by Crippen LogP contribution is 2.35. The molecule has 0 amide bonds. The van der Waals surface area contributed by atoms with Crippen molar-refractivity contribution in [2.75, 3.05) is 0 Å². The minimum absolute atomic E-state index is 0.266. The molecule has 0 atom stereocenters. The van der Waals surface area contributed by atoms with Crippen LogP contribution in [0.4, 0.5) is 0 Å². The summed E-state index contributed by atoms with van der Waals surface area (Å²) >= 11 is 0. The van der Waals surface area contributed by atoms with Crippen LogP contribution in [0.25, 0.3) is 33.2 Å². The summed E-state index contributed by atoms with van der Waals surface area (Å²) in [4.78, 5) is 4.69. The number of fused-ring (bicyclic) bond motifs is 3. The van der Waals surface area contributed by atoms with E-state index in [0.29, 0.717) is 0 Å². The molecule has 24 heavy (non-hydrogen) atoms. The van der Waals surface area contributed by atoms with Gasteiger partial charge in [0.1, 0.15) is 11.2 Å². The van der Waals surface area contributed by atoms with Crippen LogP contribution in [-0.4, -0.2) is 4.98 Å². The molecule has 2 aromatic carbocycles. The summed E-state index contributed by atoms with van der Waals surface area (Å²) in [5.74, 6) is 0. The molecule has 120 valence electrons. The van der Waals surface area contributed by atoms with Gasteiger partial charge in [-0.1, -0.05) is 57.2 Å². The van der Waals surface area contributed by atoms with Gasteiger partial charge in [0.2, 0.25) is 0 Å². The summed E-state index contributed by atoms with van der Waals surface area (Å²) in [6, 6.07) is 18.7. The summed E-state index contributed by atoms with van der Waals surface area (Å²) in [5.41, 5.74) is 5.37. The third-order valence-corrected chi connectivity index (χ3v) is 4.24. The van der Waals surface area contributed by atoms with Crippen LogP contribution in [0.5, 0.6) is 0 Å². The number of pyridine rings is 1. The van der Waals surface area contributed by atoms with E-state index < -0.39 is 0 Å². The molecule has 0 fully saturated rings. The van der Waals surface area contributed by atoms with Crippen molar-refractivity contribution in [2.24, 2.45) is 5.41 Å². The van der Waals surface area contributed by atoms with Crippen molar-refractivity contribution in [2.45, 2.75) is 27.2 Å². The van der Waals surface area contributed by atoms with Crippen molar-refractivity contribution in [3.63, 3.8) is 0 Å². The number of nitrogens with zero attached hydrogens (tertiary/aromatic N) is 1. The number of para-hydroxylation sites is 2. The maximum Gasteiger partial charge on any atom is 0.144 e. The van der Waals surface area contributed by atoms with Crippen LogP contribution in [0.3, 0.4) is 0 Å². The first-order valence-corrected chi connectivity index (χ1v) is 8.37. The van der Waals surface area contributed by atoms with E-state index in [2.05, 4.69) is 57.2 Å². The molecular weight excluding hydrogens is 294 g/mol. The first-order valence-electron chi connectivity index (χ1n) is 8.37. The Morgan fingerprint density at radius 3 is 2.42 bits per heavy atom. The van der Waals surface area contributed by atoms with E-state index in [1.165, 1.54) is 5.56 Å². The number of hydrogen-bond donors (Lipinski definition) is 0. The molecule has 0 saturated carbocycles. The second kappa shape index (κ2) is 5.48. The van der Waals surface area contributed by atoms with Crippen molar-refractivity contribution in [1.29, 1.82) is 0 Å². The molecule has 0 N–H and O–H groups in total. The molecule has 0 aliphatic rings. The minimum atomic E-state index is 0.266.